The topological polar surface area (TPSA) is 149 Å². The minimum absolute atomic E-state index is 0.137. The van der Waals surface area contributed by atoms with Gasteiger partial charge in [0.2, 0.25) is 5.91 Å². The van der Waals surface area contributed by atoms with Crippen LogP contribution in [0.5, 0.6) is 0 Å². The fraction of sp³-hybridized carbons (Fsp3) is 0.797. The van der Waals surface area contributed by atoms with Crippen LogP contribution in [0.15, 0.2) is 72.9 Å². The molecule has 1 saturated heterocycles. The number of ether oxygens (including phenoxy) is 2. The molecule has 424 valence electrons. The maximum atomic E-state index is 13.0. The molecule has 9 nitrogen and oxygen atoms in total. The molecule has 0 bridgehead atoms. The average Bonchev–Trinajstić information content (AvgIpc) is 3.39. The zero-order valence-corrected chi connectivity index (χ0v) is 47.1. The van der Waals surface area contributed by atoms with Crippen LogP contribution in [0.2, 0.25) is 0 Å². The van der Waals surface area contributed by atoms with Gasteiger partial charge in [0.1, 0.15) is 24.4 Å². The number of carbonyl (C=O) groups is 1. The Bertz CT molecular complexity index is 1380. The summed E-state index contributed by atoms with van der Waals surface area (Å²) in [5.41, 5.74) is 0. The number of aliphatic hydroxyl groups is 5. The average molecular weight is 1030 g/mol. The number of nitrogens with one attached hydrogen (secondary N) is 1. The monoisotopic (exact) mass is 1030 g/mol. The Hall–Kier alpha value is -2.37. The van der Waals surface area contributed by atoms with Crippen molar-refractivity contribution >= 4 is 5.91 Å². The van der Waals surface area contributed by atoms with Crippen LogP contribution in [-0.2, 0) is 14.3 Å². The molecule has 0 radical (unpaired) electrons. The van der Waals surface area contributed by atoms with Crippen LogP contribution in [0, 0.1) is 0 Å². The summed E-state index contributed by atoms with van der Waals surface area (Å²) in [6, 6.07) is -0.717. The van der Waals surface area contributed by atoms with E-state index in [4.69, 9.17) is 9.47 Å². The number of rotatable bonds is 52. The highest BCUT2D eigenvalue weighted by atomic mass is 16.7. The summed E-state index contributed by atoms with van der Waals surface area (Å²) < 4.78 is 11.3. The number of hydrogen-bond acceptors (Lipinski definition) is 8. The molecule has 1 rings (SSSR count). The SMILES string of the molecule is CC/C=C\C/C=C\C/C=C\C/C=C\C/C=C\C/C=C\CCCCCCCCCCCCCCCCCCCCCCCCC(=O)NC(COC1OC(CO)C(O)C(O)C1O)C(O)CCCCCCCCCCC. The van der Waals surface area contributed by atoms with E-state index in [1.54, 1.807) is 0 Å². The molecule has 6 N–H and O–H groups in total. The largest absolute Gasteiger partial charge is 0.394 e. The first-order chi connectivity index (χ1) is 35.8. The summed E-state index contributed by atoms with van der Waals surface area (Å²) in [5.74, 6) is -0.144. The molecule has 1 aliphatic heterocycles. The van der Waals surface area contributed by atoms with Gasteiger partial charge in [-0.1, -0.05) is 273 Å². The van der Waals surface area contributed by atoms with E-state index < -0.39 is 49.5 Å². The third-order valence-electron chi connectivity index (χ3n) is 14.3. The first-order valence-corrected chi connectivity index (χ1v) is 30.6. The normalized spacial score (nSPS) is 19.6. The maximum Gasteiger partial charge on any atom is 0.220 e. The summed E-state index contributed by atoms with van der Waals surface area (Å²) in [4.78, 5) is 13.0. The molecule has 7 atom stereocenters. The third kappa shape index (κ3) is 42.4. The highest BCUT2D eigenvalue weighted by Gasteiger charge is 2.44. The van der Waals surface area contributed by atoms with Crippen molar-refractivity contribution in [1.82, 2.24) is 5.32 Å². The van der Waals surface area contributed by atoms with Gasteiger partial charge >= 0.3 is 0 Å². The van der Waals surface area contributed by atoms with Crippen LogP contribution in [0.3, 0.4) is 0 Å². The van der Waals surface area contributed by atoms with Gasteiger partial charge in [-0.2, -0.15) is 0 Å². The van der Waals surface area contributed by atoms with E-state index in [1.807, 2.05) is 0 Å². The van der Waals surface area contributed by atoms with E-state index in [0.29, 0.717) is 12.8 Å². The van der Waals surface area contributed by atoms with Crippen molar-refractivity contribution in [3.8, 4) is 0 Å². The van der Waals surface area contributed by atoms with Gasteiger partial charge in [-0.15, -0.1) is 0 Å². The Morgan fingerprint density at radius 2 is 0.849 bits per heavy atom. The van der Waals surface area contributed by atoms with Gasteiger partial charge in [0, 0.05) is 6.42 Å². The fourth-order valence-corrected chi connectivity index (χ4v) is 9.52. The van der Waals surface area contributed by atoms with Crippen LogP contribution < -0.4 is 5.32 Å². The Balaban J connectivity index is 1.99. The lowest BCUT2D eigenvalue weighted by Gasteiger charge is -2.40. The second kappa shape index (κ2) is 53.0. The quantitative estimate of drug-likeness (QED) is 0.0261. The van der Waals surface area contributed by atoms with E-state index in [-0.39, 0.29) is 12.5 Å². The second-order valence-electron chi connectivity index (χ2n) is 21.1. The van der Waals surface area contributed by atoms with E-state index in [1.165, 1.54) is 167 Å². The zero-order valence-electron chi connectivity index (χ0n) is 47.1. The summed E-state index contributed by atoms with van der Waals surface area (Å²) in [6.45, 7) is 3.70. The summed E-state index contributed by atoms with van der Waals surface area (Å²) in [6.07, 6.45) is 67.0. The highest BCUT2D eigenvalue weighted by molar-refractivity contribution is 5.76. The van der Waals surface area contributed by atoms with Gasteiger partial charge in [-0.3, -0.25) is 4.79 Å². The second-order valence-corrected chi connectivity index (χ2v) is 21.1. The van der Waals surface area contributed by atoms with E-state index in [2.05, 4.69) is 92.1 Å². The van der Waals surface area contributed by atoms with Gasteiger partial charge in [0.15, 0.2) is 6.29 Å². The minimum Gasteiger partial charge on any atom is -0.394 e. The van der Waals surface area contributed by atoms with Gasteiger partial charge in [0.05, 0.1) is 25.4 Å². The maximum absolute atomic E-state index is 13.0. The molecule has 0 aliphatic carbocycles. The molecule has 1 heterocycles. The van der Waals surface area contributed by atoms with Crippen molar-refractivity contribution in [1.29, 1.82) is 0 Å². The summed E-state index contributed by atoms with van der Waals surface area (Å²) in [5, 5.41) is 54.4. The zero-order chi connectivity index (χ0) is 52.9. The van der Waals surface area contributed by atoms with Crippen molar-refractivity contribution in [3.63, 3.8) is 0 Å². The molecule has 1 aliphatic rings. The van der Waals surface area contributed by atoms with Crippen molar-refractivity contribution in [3.05, 3.63) is 72.9 Å². The molecule has 1 fully saturated rings. The van der Waals surface area contributed by atoms with Gasteiger partial charge in [-0.25, -0.2) is 0 Å². The molecule has 0 saturated carbocycles. The molecular weight excluding hydrogens is 911 g/mol. The molecule has 0 aromatic heterocycles. The van der Waals surface area contributed by atoms with E-state index in [0.717, 1.165) is 77.0 Å². The lowest BCUT2D eigenvalue weighted by molar-refractivity contribution is -0.302. The first kappa shape index (κ1) is 68.6. The van der Waals surface area contributed by atoms with E-state index >= 15 is 0 Å². The van der Waals surface area contributed by atoms with Gasteiger partial charge in [-0.05, 0) is 64.2 Å². The van der Waals surface area contributed by atoms with Crippen molar-refractivity contribution < 1.29 is 39.8 Å². The number of carbonyl (C=O) groups excluding carboxylic acids is 1. The van der Waals surface area contributed by atoms with Crippen LogP contribution in [0.4, 0.5) is 0 Å². The summed E-state index contributed by atoms with van der Waals surface area (Å²) >= 11 is 0. The number of allylic oxidation sites excluding steroid dienone is 12. The minimum atomic E-state index is -1.55. The number of hydrogen-bond donors (Lipinski definition) is 6. The Labute approximate surface area is 448 Å². The molecule has 0 aromatic rings. The lowest BCUT2D eigenvalue weighted by Crippen LogP contribution is -2.60. The fourth-order valence-electron chi connectivity index (χ4n) is 9.52. The molecule has 9 heteroatoms. The van der Waals surface area contributed by atoms with Crippen molar-refractivity contribution in [2.24, 2.45) is 0 Å². The first-order valence-electron chi connectivity index (χ1n) is 30.6. The van der Waals surface area contributed by atoms with Crippen LogP contribution in [0.1, 0.15) is 271 Å². The van der Waals surface area contributed by atoms with Crippen molar-refractivity contribution in [2.75, 3.05) is 13.2 Å². The number of amides is 1. The van der Waals surface area contributed by atoms with Gasteiger partial charge in [0.25, 0.3) is 0 Å². The van der Waals surface area contributed by atoms with Crippen LogP contribution in [-0.4, -0.2) is 87.5 Å². The predicted octanol–water partition coefficient (Wildman–Crippen LogP) is 15.6. The molecule has 73 heavy (non-hydrogen) atoms. The third-order valence-corrected chi connectivity index (χ3v) is 14.3. The van der Waals surface area contributed by atoms with Gasteiger partial charge < -0.3 is 40.3 Å². The molecule has 0 aromatic carbocycles. The number of aliphatic hydroxyl groups excluding tert-OH is 5. The molecular formula is C64H115NO8. The van der Waals surface area contributed by atoms with Crippen LogP contribution in [0.25, 0.3) is 0 Å². The molecule has 1 amide bonds. The Morgan fingerprint density at radius 3 is 1.26 bits per heavy atom. The lowest BCUT2D eigenvalue weighted by atomic mass is 9.99. The highest BCUT2D eigenvalue weighted by Crippen LogP contribution is 2.23. The molecule has 0 spiro atoms. The Morgan fingerprint density at radius 1 is 0.479 bits per heavy atom. The smallest absolute Gasteiger partial charge is 0.220 e. The Kier molecular flexibility index (Phi) is 49.9. The van der Waals surface area contributed by atoms with Crippen LogP contribution >= 0.6 is 0 Å². The standard InChI is InChI=1S/C64H115NO8/c1-3-5-7-9-11-13-14-15-16-17-18-19-20-21-22-23-24-25-26-27-28-29-30-31-32-33-34-35-36-37-38-39-40-41-42-43-44-46-48-50-52-54-60(68)65-57(58(67)53-51-49-47-45-12-10-8-6-4-2)56-72-64-63(71)62(70)61(69)59(55-66)73-64/h5,7,11,13,15-16,18-19,21-22,24-25,57-59,61-64,66-67,69-71H,3-4,6,8-10,12,14,17,20,23,26-56H2,1-2H3,(H,65,68)/b7-5-,13-11-,16-15-,19-18-,22-21-,25-24-. The van der Waals surface area contributed by atoms with Crippen molar-refractivity contribution in [2.45, 2.75) is 314 Å². The molecule has 7 unspecified atom stereocenters. The predicted molar refractivity (Wildman–Crippen MR) is 309 cm³/mol. The van der Waals surface area contributed by atoms with E-state index in [9.17, 15) is 30.3 Å². The summed E-state index contributed by atoms with van der Waals surface area (Å²) in [7, 11) is 0. The number of unbranched alkanes of at least 4 members (excludes halogenated alkanes) is 30.